The SMILES string of the molecule is Cc1nc(-c2ccc([N+](=O)[O-])cc2)c(C(=O)Nc2ccccc2Cl)s1. The van der Waals surface area contributed by atoms with Crippen LogP contribution in [0.1, 0.15) is 14.7 Å². The Morgan fingerprint density at radius 3 is 2.52 bits per heavy atom. The van der Waals surface area contributed by atoms with Crippen LogP contribution in [0.5, 0.6) is 0 Å². The van der Waals surface area contributed by atoms with Gasteiger partial charge in [-0.1, -0.05) is 23.7 Å². The first-order valence-electron chi connectivity index (χ1n) is 7.24. The van der Waals surface area contributed by atoms with Crippen LogP contribution >= 0.6 is 22.9 Å². The molecule has 1 amide bonds. The number of amides is 1. The Hall–Kier alpha value is -2.77. The van der Waals surface area contributed by atoms with Crippen LogP contribution in [-0.2, 0) is 0 Å². The molecule has 0 aliphatic carbocycles. The number of halogens is 1. The molecule has 0 saturated heterocycles. The van der Waals surface area contributed by atoms with Gasteiger partial charge in [0.2, 0.25) is 0 Å². The second-order valence-corrected chi connectivity index (χ2v) is 6.76. The second kappa shape index (κ2) is 7.00. The molecule has 1 aromatic heterocycles. The molecule has 0 unspecified atom stereocenters. The van der Waals surface area contributed by atoms with E-state index >= 15 is 0 Å². The molecule has 3 aromatic rings. The third-order valence-corrected chi connectivity index (χ3v) is 4.71. The minimum atomic E-state index is -0.471. The first-order chi connectivity index (χ1) is 12.0. The van der Waals surface area contributed by atoms with Gasteiger partial charge in [0.1, 0.15) is 4.88 Å². The molecule has 1 N–H and O–H groups in total. The van der Waals surface area contributed by atoms with Crippen LogP contribution in [0, 0.1) is 17.0 Å². The monoisotopic (exact) mass is 373 g/mol. The number of thiazole rings is 1. The third kappa shape index (κ3) is 3.67. The molecular weight excluding hydrogens is 362 g/mol. The van der Waals surface area contributed by atoms with Crippen LogP contribution in [0.15, 0.2) is 48.5 Å². The number of benzene rings is 2. The van der Waals surface area contributed by atoms with E-state index < -0.39 is 4.92 Å². The fourth-order valence-electron chi connectivity index (χ4n) is 2.26. The van der Waals surface area contributed by atoms with Crippen molar-refractivity contribution < 1.29 is 9.72 Å². The highest BCUT2D eigenvalue weighted by Gasteiger charge is 2.19. The Bertz CT molecular complexity index is 954. The standard InChI is InChI=1S/C17H12ClN3O3S/c1-10-19-15(11-6-8-12(9-7-11)21(23)24)16(25-10)17(22)20-14-5-3-2-4-13(14)18/h2-9H,1H3,(H,20,22). The van der Waals surface area contributed by atoms with E-state index in [1.54, 1.807) is 43.3 Å². The molecule has 0 aliphatic rings. The van der Waals surface area contributed by atoms with Crippen LogP contribution in [0.2, 0.25) is 5.02 Å². The van der Waals surface area contributed by atoms with Gasteiger partial charge >= 0.3 is 0 Å². The first-order valence-corrected chi connectivity index (χ1v) is 8.43. The molecule has 0 aliphatic heterocycles. The summed E-state index contributed by atoms with van der Waals surface area (Å²) in [5.74, 6) is -0.327. The van der Waals surface area contributed by atoms with Gasteiger partial charge in [-0.25, -0.2) is 4.98 Å². The molecule has 2 aromatic carbocycles. The molecule has 126 valence electrons. The van der Waals surface area contributed by atoms with E-state index in [-0.39, 0.29) is 11.6 Å². The summed E-state index contributed by atoms with van der Waals surface area (Å²) in [7, 11) is 0. The second-order valence-electron chi connectivity index (χ2n) is 5.15. The number of para-hydroxylation sites is 1. The number of aromatic nitrogens is 1. The molecule has 0 atom stereocenters. The van der Waals surface area contributed by atoms with Crippen LogP contribution in [0.4, 0.5) is 11.4 Å². The first kappa shape index (κ1) is 17.1. The average Bonchev–Trinajstić information content (AvgIpc) is 2.99. The van der Waals surface area contributed by atoms with Gasteiger partial charge in [0, 0.05) is 17.7 Å². The molecule has 1 heterocycles. The minimum Gasteiger partial charge on any atom is -0.320 e. The molecular formula is C17H12ClN3O3S. The lowest BCUT2D eigenvalue weighted by molar-refractivity contribution is -0.384. The fourth-order valence-corrected chi connectivity index (χ4v) is 3.28. The molecule has 0 fully saturated rings. The summed E-state index contributed by atoms with van der Waals surface area (Å²) in [6.45, 7) is 1.80. The molecule has 6 nitrogen and oxygen atoms in total. The predicted molar refractivity (Wildman–Crippen MR) is 98.3 cm³/mol. The van der Waals surface area contributed by atoms with Gasteiger partial charge in [0.05, 0.1) is 26.3 Å². The van der Waals surface area contributed by atoms with Crippen molar-refractivity contribution in [1.29, 1.82) is 0 Å². The van der Waals surface area contributed by atoms with Crippen molar-refractivity contribution in [2.45, 2.75) is 6.92 Å². The number of nitro benzene ring substituents is 1. The molecule has 0 saturated carbocycles. The number of nitrogens with one attached hydrogen (secondary N) is 1. The fraction of sp³-hybridized carbons (Fsp3) is 0.0588. The van der Waals surface area contributed by atoms with Crippen molar-refractivity contribution in [3.8, 4) is 11.3 Å². The van der Waals surface area contributed by atoms with Gasteiger partial charge in [-0.2, -0.15) is 0 Å². The zero-order valence-corrected chi connectivity index (χ0v) is 14.6. The van der Waals surface area contributed by atoms with Crippen molar-refractivity contribution in [3.63, 3.8) is 0 Å². The van der Waals surface area contributed by atoms with Crippen LogP contribution < -0.4 is 5.32 Å². The zero-order chi connectivity index (χ0) is 18.0. The summed E-state index contributed by atoms with van der Waals surface area (Å²) >= 11 is 7.33. The molecule has 3 rings (SSSR count). The average molecular weight is 374 g/mol. The van der Waals surface area contributed by atoms with Crippen molar-refractivity contribution in [2.24, 2.45) is 0 Å². The number of nitrogens with zero attached hydrogens (tertiary/aromatic N) is 2. The highest BCUT2D eigenvalue weighted by molar-refractivity contribution is 7.14. The van der Waals surface area contributed by atoms with E-state index in [4.69, 9.17) is 11.6 Å². The lowest BCUT2D eigenvalue weighted by Crippen LogP contribution is -2.11. The van der Waals surface area contributed by atoms with Gasteiger partial charge in [0.25, 0.3) is 11.6 Å². The quantitative estimate of drug-likeness (QED) is 0.518. The number of carbonyl (C=O) groups excluding carboxylic acids is 1. The Labute approximate surface area is 152 Å². The molecule has 0 bridgehead atoms. The van der Waals surface area contributed by atoms with Crippen LogP contribution in [0.3, 0.4) is 0 Å². The van der Waals surface area contributed by atoms with Gasteiger partial charge in [-0.05, 0) is 31.2 Å². The molecule has 8 heteroatoms. The number of rotatable bonds is 4. The smallest absolute Gasteiger partial charge is 0.269 e. The van der Waals surface area contributed by atoms with E-state index in [2.05, 4.69) is 10.3 Å². The summed E-state index contributed by atoms with van der Waals surface area (Å²) in [6, 6.07) is 12.9. The Kier molecular flexibility index (Phi) is 4.78. The van der Waals surface area contributed by atoms with E-state index in [9.17, 15) is 14.9 Å². The van der Waals surface area contributed by atoms with Gasteiger partial charge in [-0.15, -0.1) is 11.3 Å². The van der Waals surface area contributed by atoms with E-state index in [0.717, 1.165) is 5.01 Å². The number of hydrogen-bond acceptors (Lipinski definition) is 5. The lowest BCUT2D eigenvalue weighted by Gasteiger charge is -2.07. The van der Waals surface area contributed by atoms with Gasteiger partial charge < -0.3 is 5.32 Å². The molecule has 0 spiro atoms. The zero-order valence-electron chi connectivity index (χ0n) is 13.0. The number of nitro groups is 1. The summed E-state index contributed by atoms with van der Waals surface area (Å²) in [4.78, 5) is 27.8. The van der Waals surface area contributed by atoms with Crippen LogP contribution in [0.25, 0.3) is 11.3 Å². The maximum atomic E-state index is 12.6. The minimum absolute atomic E-state index is 0.0160. The maximum absolute atomic E-state index is 12.6. The van der Waals surface area contributed by atoms with Crippen molar-refractivity contribution >= 4 is 40.2 Å². The number of anilines is 1. The molecule has 25 heavy (non-hydrogen) atoms. The Morgan fingerprint density at radius 1 is 1.20 bits per heavy atom. The highest BCUT2D eigenvalue weighted by Crippen LogP contribution is 2.31. The Balaban J connectivity index is 1.94. The number of hydrogen-bond donors (Lipinski definition) is 1. The van der Waals surface area contributed by atoms with Gasteiger partial charge in [0.15, 0.2) is 0 Å². The Morgan fingerprint density at radius 2 is 1.88 bits per heavy atom. The normalized spacial score (nSPS) is 10.5. The summed E-state index contributed by atoms with van der Waals surface area (Å²) in [5.41, 5.74) is 1.62. The number of non-ortho nitro benzene ring substituents is 1. The highest BCUT2D eigenvalue weighted by atomic mass is 35.5. The summed E-state index contributed by atoms with van der Waals surface area (Å²) < 4.78 is 0. The van der Waals surface area contributed by atoms with Crippen molar-refractivity contribution in [1.82, 2.24) is 4.98 Å². The van der Waals surface area contributed by atoms with E-state index in [1.165, 1.54) is 23.5 Å². The van der Waals surface area contributed by atoms with E-state index in [1.807, 2.05) is 0 Å². The molecule has 0 radical (unpaired) electrons. The van der Waals surface area contributed by atoms with Crippen molar-refractivity contribution in [2.75, 3.05) is 5.32 Å². The summed E-state index contributed by atoms with van der Waals surface area (Å²) in [6.07, 6.45) is 0. The predicted octanol–water partition coefficient (Wildman–Crippen LogP) is 4.93. The summed E-state index contributed by atoms with van der Waals surface area (Å²) in [5, 5.41) is 14.7. The third-order valence-electron chi connectivity index (χ3n) is 3.41. The van der Waals surface area contributed by atoms with Gasteiger partial charge in [-0.3, -0.25) is 14.9 Å². The lowest BCUT2D eigenvalue weighted by atomic mass is 10.1. The number of carbonyl (C=O) groups is 1. The topological polar surface area (TPSA) is 85.1 Å². The number of aryl methyl sites for hydroxylation is 1. The van der Waals surface area contributed by atoms with E-state index in [0.29, 0.717) is 26.8 Å². The van der Waals surface area contributed by atoms with Crippen LogP contribution in [-0.4, -0.2) is 15.8 Å². The maximum Gasteiger partial charge on any atom is 0.269 e. The van der Waals surface area contributed by atoms with Crippen molar-refractivity contribution in [3.05, 3.63) is 73.6 Å². The largest absolute Gasteiger partial charge is 0.320 e.